The highest BCUT2D eigenvalue weighted by Crippen LogP contribution is 2.23. The number of halogens is 1. The molecule has 1 aliphatic carbocycles. The van der Waals surface area contributed by atoms with Crippen molar-refractivity contribution in [2.45, 2.75) is 36.6 Å². The summed E-state index contributed by atoms with van der Waals surface area (Å²) < 4.78 is 27.3. The van der Waals surface area contributed by atoms with Crippen LogP contribution in [0.1, 0.15) is 36.0 Å². The zero-order chi connectivity index (χ0) is 14.0. The Morgan fingerprint density at radius 2 is 1.95 bits per heavy atom. The Morgan fingerprint density at radius 3 is 2.53 bits per heavy atom. The van der Waals surface area contributed by atoms with Gasteiger partial charge in [0.15, 0.2) is 0 Å². The number of hydrogen-bond donors (Lipinski definition) is 2. The summed E-state index contributed by atoms with van der Waals surface area (Å²) in [5, 5.41) is 8.99. The van der Waals surface area contributed by atoms with Crippen molar-refractivity contribution in [2.75, 3.05) is 0 Å². The average molecular weight is 348 g/mol. The molecule has 0 atom stereocenters. The Balaban J connectivity index is 2.29. The summed E-state index contributed by atoms with van der Waals surface area (Å²) in [6.07, 6.45) is 3.71. The topological polar surface area (TPSA) is 83.5 Å². The molecule has 2 N–H and O–H groups in total. The van der Waals surface area contributed by atoms with Crippen LogP contribution in [0.25, 0.3) is 0 Å². The molecule has 19 heavy (non-hydrogen) atoms. The molecule has 0 bridgehead atoms. The fourth-order valence-corrected chi connectivity index (χ4v) is 3.91. The molecule has 0 radical (unpaired) electrons. The molecule has 0 saturated heterocycles. The lowest BCUT2D eigenvalue weighted by molar-refractivity contribution is 0.0695. The molecule has 1 saturated carbocycles. The summed E-state index contributed by atoms with van der Waals surface area (Å²) in [5.41, 5.74) is -0.0608. The third-order valence-electron chi connectivity index (χ3n) is 3.16. The van der Waals surface area contributed by atoms with Crippen LogP contribution in [-0.2, 0) is 10.0 Å². The van der Waals surface area contributed by atoms with Crippen molar-refractivity contribution >= 4 is 31.9 Å². The van der Waals surface area contributed by atoms with Crippen molar-refractivity contribution in [3.63, 3.8) is 0 Å². The van der Waals surface area contributed by atoms with Crippen LogP contribution in [0.15, 0.2) is 27.6 Å². The maximum absolute atomic E-state index is 12.2. The van der Waals surface area contributed by atoms with Gasteiger partial charge in [-0.15, -0.1) is 0 Å². The lowest BCUT2D eigenvalue weighted by Gasteiger charge is -2.13. The van der Waals surface area contributed by atoms with E-state index in [9.17, 15) is 13.2 Å². The Bertz CT molecular complexity index is 594. The second-order valence-corrected chi connectivity index (χ2v) is 7.12. The maximum atomic E-state index is 12.2. The molecule has 1 aromatic carbocycles. The molecule has 0 spiro atoms. The minimum absolute atomic E-state index is 0.0139. The number of sulfonamides is 1. The van der Waals surface area contributed by atoms with Gasteiger partial charge in [-0.2, -0.15) is 0 Å². The number of carbonyl (C=O) groups is 1. The molecule has 1 fully saturated rings. The van der Waals surface area contributed by atoms with E-state index < -0.39 is 16.0 Å². The number of rotatable bonds is 4. The van der Waals surface area contributed by atoms with E-state index in [-0.39, 0.29) is 16.5 Å². The number of nitrogens with one attached hydrogen (secondary N) is 1. The van der Waals surface area contributed by atoms with Crippen LogP contribution in [0, 0.1) is 0 Å². The third kappa shape index (κ3) is 3.34. The van der Waals surface area contributed by atoms with Crippen LogP contribution in [-0.4, -0.2) is 25.5 Å². The molecule has 0 aromatic heterocycles. The molecule has 1 aromatic rings. The van der Waals surface area contributed by atoms with Crippen molar-refractivity contribution in [3.8, 4) is 0 Å². The Morgan fingerprint density at radius 1 is 1.32 bits per heavy atom. The van der Waals surface area contributed by atoms with Crippen LogP contribution in [0.4, 0.5) is 0 Å². The van der Waals surface area contributed by atoms with E-state index in [4.69, 9.17) is 5.11 Å². The van der Waals surface area contributed by atoms with E-state index in [1.54, 1.807) is 0 Å². The Kier molecular flexibility index (Phi) is 4.27. The van der Waals surface area contributed by atoms with Gasteiger partial charge in [-0.25, -0.2) is 17.9 Å². The number of aromatic carboxylic acids is 1. The van der Waals surface area contributed by atoms with E-state index in [1.807, 2.05) is 0 Å². The van der Waals surface area contributed by atoms with Crippen LogP contribution in [0.5, 0.6) is 0 Å². The number of carboxylic acid groups (broad SMARTS) is 1. The third-order valence-corrected chi connectivity index (χ3v) is 5.37. The Labute approximate surface area is 120 Å². The first-order valence-electron chi connectivity index (χ1n) is 5.95. The quantitative estimate of drug-likeness (QED) is 0.875. The minimum atomic E-state index is -3.65. The van der Waals surface area contributed by atoms with E-state index >= 15 is 0 Å². The monoisotopic (exact) mass is 347 g/mol. The SMILES string of the molecule is O=C(O)c1cc(S(=O)(=O)NC2CCCC2)ccc1Br. The van der Waals surface area contributed by atoms with Crippen LogP contribution in [0.2, 0.25) is 0 Å². The van der Waals surface area contributed by atoms with E-state index in [1.165, 1.54) is 18.2 Å². The van der Waals surface area contributed by atoms with Gasteiger partial charge in [0, 0.05) is 10.5 Å². The molecule has 2 rings (SSSR count). The van der Waals surface area contributed by atoms with Crippen LogP contribution >= 0.6 is 15.9 Å². The lowest BCUT2D eigenvalue weighted by Crippen LogP contribution is -2.32. The fourth-order valence-electron chi connectivity index (χ4n) is 2.17. The predicted octanol–water partition coefficient (Wildman–Crippen LogP) is 2.37. The molecular formula is C12H14BrNO4S. The zero-order valence-electron chi connectivity index (χ0n) is 10.1. The number of benzene rings is 1. The van der Waals surface area contributed by atoms with E-state index in [0.717, 1.165) is 25.7 Å². The van der Waals surface area contributed by atoms with Crippen LogP contribution in [0.3, 0.4) is 0 Å². The van der Waals surface area contributed by atoms with Gasteiger partial charge in [0.05, 0.1) is 10.5 Å². The summed E-state index contributed by atoms with van der Waals surface area (Å²) in [6, 6.07) is 3.96. The van der Waals surface area contributed by atoms with Gasteiger partial charge in [-0.05, 0) is 47.0 Å². The van der Waals surface area contributed by atoms with Crippen molar-refractivity contribution in [1.82, 2.24) is 4.72 Å². The van der Waals surface area contributed by atoms with Crippen molar-refractivity contribution in [2.24, 2.45) is 0 Å². The largest absolute Gasteiger partial charge is 0.478 e. The van der Waals surface area contributed by atoms with Gasteiger partial charge in [0.2, 0.25) is 10.0 Å². The van der Waals surface area contributed by atoms with Crippen molar-refractivity contribution in [3.05, 3.63) is 28.2 Å². The molecule has 7 heteroatoms. The zero-order valence-corrected chi connectivity index (χ0v) is 12.5. The summed E-state index contributed by atoms with van der Waals surface area (Å²) in [7, 11) is -3.65. The first kappa shape index (κ1) is 14.5. The van der Waals surface area contributed by atoms with Crippen LogP contribution < -0.4 is 4.72 Å². The normalized spacial score (nSPS) is 16.7. The fraction of sp³-hybridized carbons (Fsp3) is 0.417. The summed E-state index contributed by atoms with van der Waals surface area (Å²) in [4.78, 5) is 11.0. The highest BCUT2D eigenvalue weighted by Gasteiger charge is 2.24. The smallest absolute Gasteiger partial charge is 0.336 e. The lowest BCUT2D eigenvalue weighted by atomic mass is 10.2. The summed E-state index contributed by atoms with van der Waals surface area (Å²) in [6.45, 7) is 0. The second kappa shape index (κ2) is 5.60. The van der Waals surface area contributed by atoms with Gasteiger partial charge in [0.1, 0.15) is 0 Å². The van der Waals surface area contributed by atoms with Gasteiger partial charge < -0.3 is 5.11 Å². The Hall–Kier alpha value is -0.920. The van der Waals surface area contributed by atoms with Crippen molar-refractivity contribution in [1.29, 1.82) is 0 Å². The molecule has 0 amide bonds. The molecule has 0 heterocycles. The maximum Gasteiger partial charge on any atom is 0.336 e. The second-order valence-electron chi connectivity index (χ2n) is 4.55. The molecule has 0 unspecified atom stereocenters. The van der Waals surface area contributed by atoms with Crippen molar-refractivity contribution < 1.29 is 18.3 Å². The van der Waals surface area contributed by atoms with Gasteiger partial charge >= 0.3 is 5.97 Å². The number of carboxylic acids is 1. The molecule has 104 valence electrons. The van der Waals surface area contributed by atoms with E-state index in [2.05, 4.69) is 20.7 Å². The first-order chi connectivity index (χ1) is 8.90. The molecular weight excluding hydrogens is 334 g/mol. The standard InChI is InChI=1S/C12H14BrNO4S/c13-11-6-5-9(7-10(11)12(15)16)19(17,18)14-8-3-1-2-4-8/h5-8,14H,1-4H2,(H,15,16). The average Bonchev–Trinajstić information content (AvgIpc) is 2.80. The number of hydrogen-bond acceptors (Lipinski definition) is 3. The molecule has 0 aliphatic heterocycles. The molecule has 5 nitrogen and oxygen atoms in total. The highest BCUT2D eigenvalue weighted by molar-refractivity contribution is 9.10. The van der Waals surface area contributed by atoms with Gasteiger partial charge in [-0.1, -0.05) is 12.8 Å². The highest BCUT2D eigenvalue weighted by atomic mass is 79.9. The first-order valence-corrected chi connectivity index (χ1v) is 8.23. The molecule has 1 aliphatic rings. The minimum Gasteiger partial charge on any atom is -0.478 e. The van der Waals surface area contributed by atoms with Gasteiger partial charge in [0.25, 0.3) is 0 Å². The summed E-state index contributed by atoms with van der Waals surface area (Å²) in [5.74, 6) is -1.16. The van der Waals surface area contributed by atoms with E-state index in [0.29, 0.717) is 4.47 Å². The predicted molar refractivity (Wildman–Crippen MR) is 73.7 cm³/mol. The van der Waals surface area contributed by atoms with Gasteiger partial charge in [-0.3, -0.25) is 0 Å². The summed E-state index contributed by atoms with van der Waals surface area (Å²) >= 11 is 3.09.